The van der Waals surface area contributed by atoms with Gasteiger partial charge in [-0.1, -0.05) is 6.07 Å². The molecule has 1 rings (SSSR count). The molecule has 4 nitrogen and oxygen atoms in total. The average Bonchev–Trinajstić information content (AvgIpc) is 2.20. The van der Waals surface area contributed by atoms with Crippen molar-refractivity contribution in [1.29, 1.82) is 0 Å². The summed E-state index contributed by atoms with van der Waals surface area (Å²) in [7, 11) is 3.89. The molecule has 1 aromatic carbocycles. The largest absolute Gasteiger partial charge is 0.398 e. The molecule has 0 saturated carbocycles. The van der Waals surface area contributed by atoms with E-state index in [9.17, 15) is 4.79 Å². The van der Waals surface area contributed by atoms with Gasteiger partial charge in [0.05, 0.1) is 0 Å². The monoisotopic (exact) mass is 219 g/mol. The van der Waals surface area contributed by atoms with Gasteiger partial charge in [0, 0.05) is 31.0 Å². The van der Waals surface area contributed by atoms with Crippen LogP contribution in [0, 0.1) is 0 Å². The molecule has 0 atom stereocenters. The van der Waals surface area contributed by atoms with Gasteiger partial charge in [0.1, 0.15) is 0 Å². The standard InChI is InChI=1S/C12H17N3O/c1-8(12(14)16)6-9-4-5-10(15(2)3)7-11(9)13/h4-7H,13H2,1-3H3,(H2,14,16)/b8-6+. The highest BCUT2D eigenvalue weighted by atomic mass is 16.1. The minimum atomic E-state index is -0.434. The first-order valence-corrected chi connectivity index (χ1v) is 4.96. The van der Waals surface area contributed by atoms with E-state index in [1.54, 1.807) is 13.0 Å². The van der Waals surface area contributed by atoms with Gasteiger partial charge in [-0.2, -0.15) is 0 Å². The second kappa shape index (κ2) is 4.70. The molecule has 0 aromatic heterocycles. The Morgan fingerprint density at radius 2 is 2.00 bits per heavy atom. The van der Waals surface area contributed by atoms with Crippen LogP contribution in [0.25, 0.3) is 6.08 Å². The van der Waals surface area contributed by atoms with Gasteiger partial charge in [0.2, 0.25) is 5.91 Å². The molecule has 0 aliphatic carbocycles. The number of nitrogens with two attached hydrogens (primary N) is 2. The molecule has 4 heteroatoms. The van der Waals surface area contributed by atoms with Crippen molar-refractivity contribution in [3.8, 4) is 0 Å². The third-order valence-corrected chi connectivity index (χ3v) is 2.35. The lowest BCUT2D eigenvalue weighted by Gasteiger charge is -2.13. The van der Waals surface area contributed by atoms with Gasteiger partial charge >= 0.3 is 0 Å². The maximum absolute atomic E-state index is 10.9. The molecule has 0 saturated heterocycles. The van der Waals surface area contributed by atoms with E-state index >= 15 is 0 Å². The highest BCUT2D eigenvalue weighted by molar-refractivity contribution is 5.96. The lowest BCUT2D eigenvalue weighted by atomic mass is 10.1. The zero-order valence-corrected chi connectivity index (χ0v) is 9.82. The van der Waals surface area contributed by atoms with Gasteiger partial charge < -0.3 is 16.4 Å². The van der Waals surface area contributed by atoms with Crippen LogP contribution in [0.15, 0.2) is 23.8 Å². The molecule has 0 unspecified atom stereocenters. The van der Waals surface area contributed by atoms with Crippen molar-refractivity contribution >= 4 is 23.4 Å². The molecule has 0 radical (unpaired) electrons. The van der Waals surface area contributed by atoms with Crippen LogP contribution in [-0.4, -0.2) is 20.0 Å². The van der Waals surface area contributed by atoms with Crippen LogP contribution in [0.5, 0.6) is 0 Å². The van der Waals surface area contributed by atoms with E-state index in [2.05, 4.69) is 0 Å². The van der Waals surface area contributed by atoms with E-state index in [4.69, 9.17) is 11.5 Å². The fraction of sp³-hybridized carbons (Fsp3) is 0.250. The molecule has 16 heavy (non-hydrogen) atoms. The van der Waals surface area contributed by atoms with E-state index in [1.165, 1.54) is 0 Å². The Morgan fingerprint density at radius 1 is 1.38 bits per heavy atom. The lowest BCUT2D eigenvalue weighted by Crippen LogP contribution is -2.11. The summed E-state index contributed by atoms with van der Waals surface area (Å²) in [6.07, 6.45) is 1.69. The Hall–Kier alpha value is -1.97. The molecular formula is C12H17N3O. The van der Waals surface area contributed by atoms with E-state index in [1.807, 2.05) is 37.2 Å². The summed E-state index contributed by atoms with van der Waals surface area (Å²) >= 11 is 0. The predicted octanol–water partition coefficient (Wildman–Crippen LogP) is 1.22. The average molecular weight is 219 g/mol. The van der Waals surface area contributed by atoms with Crippen molar-refractivity contribution < 1.29 is 4.79 Å². The number of carbonyl (C=O) groups excluding carboxylic acids is 1. The molecule has 4 N–H and O–H groups in total. The Balaban J connectivity index is 3.09. The maximum Gasteiger partial charge on any atom is 0.244 e. The van der Waals surface area contributed by atoms with Crippen molar-refractivity contribution in [2.45, 2.75) is 6.92 Å². The number of primary amides is 1. The van der Waals surface area contributed by atoms with E-state index in [-0.39, 0.29) is 0 Å². The van der Waals surface area contributed by atoms with Crippen LogP contribution in [0.3, 0.4) is 0 Å². The lowest BCUT2D eigenvalue weighted by molar-refractivity contribution is -0.114. The zero-order valence-electron chi connectivity index (χ0n) is 9.82. The molecule has 0 aliphatic rings. The fourth-order valence-electron chi connectivity index (χ4n) is 1.28. The van der Waals surface area contributed by atoms with Gasteiger partial charge in [0.15, 0.2) is 0 Å². The van der Waals surface area contributed by atoms with Crippen LogP contribution in [0.2, 0.25) is 0 Å². The highest BCUT2D eigenvalue weighted by Crippen LogP contribution is 2.21. The molecule has 0 bridgehead atoms. The topological polar surface area (TPSA) is 72.3 Å². The van der Waals surface area contributed by atoms with Crippen LogP contribution in [-0.2, 0) is 4.79 Å². The maximum atomic E-state index is 10.9. The minimum Gasteiger partial charge on any atom is -0.398 e. The Kier molecular flexibility index (Phi) is 3.55. The summed E-state index contributed by atoms with van der Waals surface area (Å²) in [4.78, 5) is 12.9. The molecule has 1 amide bonds. The van der Waals surface area contributed by atoms with Crippen molar-refractivity contribution in [3.63, 3.8) is 0 Å². The SMILES string of the molecule is C/C(=C\c1ccc(N(C)C)cc1N)C(N)=O. The van der Waals surface area contributed by atoms with E-state index in [0.29, 0.717) is 11.3 Å². The number of hydrogen-bond acceptors (Lipinski definition) is 3. The summed E-state index contributed by atoms with van der Waals surface area (Å²) in [5, 5.41) is 0. The van der Waals surface area contributed by atoms with Gasteiger partial charge in [0.25, 0.3) is 0 Å². The Bertz CT molecular complexity index is 436. The number of anilines is 2. The van der Waals surface area contributed by atoms with Gasteiger partial charge in [-0.05, 0) is 30.7 Å². The van der Waals surface area contributed by atoms with Gasteiger partial charge in [-0.25, -0.2) is 0 Å². The molecule has 0 fully saturated rings. The normalized spacial score (nSPS) is 11.3. The summed E-state index contributed by atoms with van der Waals surface area (Å²) in [5.41, 5.74) is 14.0. The van der Waals surface area contributed by atoms with E-state index < -0.39 is 5.91 Å². The van der Waals surface area contributed by atoms with Crippen molar-refractivity contribution in [2.75, 3.05) is 24.7 Å². The molecule has 0 spiro atoms. The third-order valence-electron chi connectivity index (χ3n) is 2.35. The number of hydrogen-bond donors (Lipinski definition) is 2. The summed E-state index contributed by atoms with van der Waals surface area (Å²) in [5.74, 6) is -0.434. The minimum absolute atomic E-state index is 0.434. The van der Waals surface area contributed by atoms with Crippen molar-refractivity contribution in [2.24, 2.45) is 5.73 Å². The van der Waals surface area contributed by atoms with E-state index in [0.717, 1.165) is 11.3 Å². The molecule has 0 heterocycles. The van der Waals surface area contributed by atoms with Crippen molar-refractivity contribution in [1.82, 2.24) is 0 Å². The third kappa shape index (κ3) is 2.76. The molecular weight excluding hydrogens is 202 g/mol. The predicted molar refractivity (Wildman–Crippen MR) is 68.0 cm³/mol. The highest BCUT2D eigenvalue weighted by Gasteiger charge is 2.02. The first-order chi connectivity index (χ1) is 7.41. The summed E-state index contributed by atoms with van der Waals surface area (Å²) in [6.45, 7) is 1.67. The first-order valence-electron chi connectivity index (χ1n) is 4.96. The number of amides is 1. The molecule has 0 aliphatic heterocycles. The van der Waals surface area contributed by atoms with Crippen LogP contribution < -0.4 is 16.4 Å². The van der Waals surface area contributed by atoms with Gasteiger partial charge in [-0.15, -0.1) is 0 Å². The fourth-order valence-corrected chi connectivity index (χ4v) is 1.28. The van der Waals surface area contributed by atoms with Crippen LogP contribution in [0.4, 0.5) is 11.4 Å². The molecule has 86 valence electrons. The number of carbonyl (C=O) groups is 1. The van der Waals surface area contributed by atoms with Crippen LogP contribution in [0.1, 0.15) is 12.5 Å². The molecule has 1 aromatic rings. The second-order valence-electron chi connectivity index (χ2n) is 3.90. The number of nitrogens with zero attached hydrogens (tertiary/aromatic N) is 1. The number of rotatable bonds is 3. The Labute approximate surface area is 95.5 Å². The zero-order chi connectivity index (χ0) is 12.3. The first kappa shape index (κ1) is 12.1. The summed E-state index contributed by atoms with van der Waals surface area (Å²) in [6, 6.07) is 5.67. The van der Waals surface area contributed by atoms with Crippen molar-refractivity contribution in [3.05, 3.63) is 29.3 Å². The Morgan fingerprint density at radius 3 is 2.44 bits per heavy atom. The second-order valence-corrected chi connectivity index (χ2v) is 3.90. The summed E-state index contributed by atoms with van der Waals surface area (Å²) < 4.78 is 0. The van der Waals surface area contributed by atoms with Crippen LogP contribution >= 0.6 is 0 Å². The smallest absolute Gasteiger partial charge is 0.244 e. The van der Waals surface area contributed by atoms with Gasteiger partial charge in [-0.3, -0.25) is 4.79 Å². The number of nitrogen functional groups attached to an aromatic ring is 1. The quantitative estimate of drug-likeness (QED) is 0.593. The number of benzene rings is 1.